The fourth-order valence-corrected chi connectivity index (χ4v) is 3.12. The number of nitrogens with one attached hydrogen (secondary N) is 2. The van der Waals surface area contributed by atoms with Crippen molar-refractivity contribution < 1.29 is 13.9 Å². The minimum atomic E-state index is -0.782. The predicted molar refractivity (Wildman–Crippen MR) is 103 cm³/mol. The molecule has 1 atom stereocenters. The Hall–Kier alpha value is -2.47. The number of halogens is 2. The van der Waals surface area contributed by atoms with E-state index in [1.807, 2.05) is 19.1 Å². The van der Waals surface area contributed by atoms with Gasteiger partial charge in [0.2, 0.25) is 0 Å². The second-order valence-electron chi connectivity index (χ2n) is 6.90. The smallest absolute Gasteiger partial charge is 0.191 e. The van der Waals surface area contributed by atoms with Crippen molar-refractivity contribution in [2.24, 2.45) is 4.99 Å². The largest absolute Gasteiger partial charge is 0.387 e. The first-order valence-electron chi connectivity index (χ1n) is 9.25. The number of aliphatic hydroxyl groups excluding tert-OH is 1. The Morgan fingerprint density at radius 1 is 1.11 bits per heavy atom. The number of guanidine groups is 1. The van der Waals surface area contributed by atoms with Gasteiger partial charge in [-0.15, -0.1) is 0 Å². The molecule has 0 saturated heterocycles. The summed E-state index contributed by atoms with van der Waals surface area (Å²) in [7, 11) is 0. The summed E-state index contributed by atoms with van der Waals surface area (Å²) in [6, 6.07) is 12.6. The minimum Gasteiger partial charge on any atom is -0.387 e. The second kappa shape index (κ2) is 8.48. The number of nitrogens with zero attached hydrogens (tertiary/aromatic N) is 1. The van der Waals surface area contributed by atoms with Gasteiger partial charge in [0, 0.05) is 18.5 Å². The highest BCUT2D eigenvalue weighted by atomic mass is 19.1. The molecule has 1 fully saturated rings. The molecule has 0 spiro atoms. The number of hydrogen-bond donors (Lipinski definition) is 3. The molecule has 4 nitrogen and oxygen atoms in total. The monoisotopic (exact) mass is 373 g/mol. The summed E-state index contributed by atoms with van der Waals surface area (Å²) >= 11 is 0. The molecule has 3 N–H and O–H groups in total. The van der Waals surface area contributed by atoms with Crippen molar-refractivity contribution >= 4 is 5.96 Å². The average molecular weight is 373 g/mol. The number of aliphatic hydroxyl groups is 1. The molecular formula is C21H25F2N3O. The van der Waals surface area contributed by atoms with E-state index in [1.165, 1.54) is 18.2 Å². The molecule has 3 rings (SSSR count). The molecule has 1 saturated carbocycles. The molecule has 27 heavy (non-hydrogen) atoms. The SMILES string of the molecule is CCNC(=NCC1(c2ccccc2F)CC1)NCC(O)c1ccc(F)cc1. The molecule has 1 aliphatic carbocycles. The zero-order valence-corrected chi connectivity index (χ0v) is 15.4. The van der Waals surface area contributed by atoms with E-state index in [0.29, 0.717) is 24.6 Å². The molecule has 0 aromatic heterocycles. The van der Waals surface area contributed by atoms with Crippen molar-refractivity contribution in [3.63, 3.8) is 0 Å². The van der Waals surface area contributed by atoms with Crippen LogP contribution in [0.1, 0.15) is 37.0 Å². The van der Waals surface area contributed by atoms with Crippen LogP contribution in [0.5, 0.6) is 0 Å². The van der Waals surface area contributed by atoms with Crippen molar-refractivity contribution in [1.29, 1.82) is 0 Å². The Morgan fingerprint density at radius 2 is 1.81 bits per heavy atom. The summed E-state index contributed by atoms with van der Waals surface area (Å²) in [6.07, 6.45) is 1.04. The van der Waals surface area contributed by atoms with Crippen molar-refractivity contribution in [1.82, 2.24) is 10.6 Å². The van der Waals surface area contributed by atoms with Crippen molar-refractivity contribution in [2.45, 2.75) is 31.3 Å². The van der Waals surface area contributed by atoms with Gasteiger partial charge in [-0.3, -0.25) is 4.99 Å². The lowest BCUT2D eigenvalue weighted by Crippen LogP contribution is -2.40. The van der Waals surface area contributed by atoms with Crippen molar-refractivity contribution in [3.05, 3.63) is 71.3 Å². The van der Waals surface area contributed by atoms with Gasteiger partial charge >= 0.3 is 0 Å². The highest BCUT2D eigenvalue weighted by Gasteiger charge is 2.45. The fraction of sp³-hybridized carbons (Fsp3) is 0.381. The summed E-state index contributed by atoms with van der Waals surface area (Å²) in [4.78, 5) is 4.60. The molecule has 1 unspecified atom stereocenters. The normalized spacial score (nSPS) is 16.7. The van der Waals surface area contributed by atoms with Crippen LogP contribution in [0.25, 0.3) is 0 Å². The van der Waals surface area contributed by atoms with E-state index >= 15 is 0 Å². The van der Waals surface area contributed by atoms with E-state index in [1.54, 1.807) is 18.2 Å². The first-order chi connectivity index (χ1) is 13.0. The summed E-state index contributed by atoms with van der Waals surface area (Å²) in [5.41, 5.74) is 1.12. The summed E-state index contributed by atoms with van der Waals surface area (Å²) in [5, 5.41) is 16.5. The van der Waals surface area contributed by atoms with E-state index in [9.17, 15) is 13.9 Å². The van der Waals surface area contributed by atoms with Gasteiger partial charge < -0.3 is 15.7 Å². The van der Waals surface area contributed by atoms with Gasteiger partial charge in [-0.05, 0) is 49.1 Å². The Morgan fingerprint density at radius 3 is 2.44 bits per heavy atom. The van der Waals surface area contributed by atoms with Crippen LogP contribution in [0, 0.1) is 11.6 Å². The third-order valence-corrected chi connectivity index (χ3v) is 4.90. The Kier molecular flexibility index (Phi) is 6.06. The van der Waals surface area contributed by atoms with E-state index in [2.05, 4.69) is 15.6 Å². The topological polar surface area (TPSA) is 56.7 Å². The van der Waals surface area contributed by atoms with Crippen LogP contribution in [-0.4, -0.2) is 30.7 Å². The third kappa shape index (κ3) is 4.83. The van der Waals surface area contributed by atoms with Crippen molar-refractivity contribution in [3.8, 4) is 0 Å². The maximum absolute atomic E-state index is 14.1. The second-order valence-corrected chi connectivity index (χ2v) is 6.90. The van der Waals surface area contributed by atoms with Crippen LogP contribution in [-0.2, 0) is 5.41 Å². The molecule has 0 bridgehead atoms. The number of rotatable bonds is 7. The molecule has 2 aromatic rings. The molecule has 2 aromatic carbocycles. The van der Waals surface area contributed by atoms with Crippen LogP contribution in [0.15, 0.2) is 53.5 Å². The quantitative estimate of drug-likeness (QED) is 0.516. The molecule has 0 radical (unpaired) electrons. The van der Waals surface area contributed by atoms with E-state index in [0.717, 1.165) is 18.4 Å². The lowest BCUT2D eigenvalue weighted by Gasteiger charge is -2.18. The van der Waals surface area contributed by atoms with Gasteiger partial charge in [0.15, 0.2) is 5.96 Å². The zero-order valence-electron chi connectivity index (χ0n) is 15.4. The standard InChI is InChI=1S/C21H25F2N3O/c1-2-24-20(25-13-19(27)15-7-9-16(22)10-8-15)26-14-21(11-12-21)17-5-3-4-6-18(17)23/h3-10,19,27H,2,11-14H2,1H3,(H2,24,25,26). The van der Waals surface area contributed by atoms with Gasteiger partial charge in [-0.25, -0.2) is 8.78 Å². The number of benzene rings is 2. The first kappa shape index (κ1) is 19.3. The lowest BCUT2D eigenvalue weighted by molar-refractivity contribution is 0.180. The number of hydrogen-bond acceptors (Lipinski definition) is 2. The van der Waals surface area contributed by atoms with E-state index < -0.39 is 6.10 Å². The van der Waals surface area contributed by atoms with Crippen LogP contribution >= 0.6 is 0 Å². The molecule has 0 aliphatic heterocycles. The summed E-state index contributed by atoms with van der Waals surface area (Å²) in [6.45, 7) is 3.35. The van der Waals surface area contributed by atoms with Gasteiger partial charge in [-0.2, -0.15) is 0 Å². The lowest BCUT2D eigenvalue weighted by atomic mass is 9.95. The van der Waals surface area contributed by atoms with Gasteiger partial charge in [0.1, 0.15) is 11.6 Å². The van der Waals surface area contributed by atoms with Gasteiger partial charge in [0.25, 0.3) is 0 Å². The van der Waals surface area contributed by atoms with Crippen LogP contribution in [0.2, 0.25) is 0 Å². The Bertz CT molecular complexity index is 788. The minimum absolute atomic E-state index is 0.185. The van der Waals surface area contributed by atoms with Crippen molar-refractivity contribution in [2.75, 3.05) is 19.6 Å². The molecular weight excluding hydrogens is 348 g/mol. The van der Waals surface area contributed by atoms with E-state index in [4.69, 9.17) is 0 Å². The predicted octanol–water partition coefficient (Wildman–Crippen LogP) is 3.29. The highest BCUT2D eigenvalue weighted by Crippen LogP contribution is 2.49. The molecule has 0 heterocycles. The average Bonchev–Trinajstić information content (AvgIpc) is 3.45. The van der Waals surface area contributed by atoms with Gasteiger partial charge in [-0.1, -0.05) is 30.3 Å². The molecule has 1 aliphatic rings. The first-order valence-corrected chi connectivity index (χ1v) is 9.25. The molecule has 144 valence electrons. The van der Waals surface area contributed by atoms with Gasteiger partial charge in [0.05, 0.1) is 12.6 Å². The van der Waals surface area contributed by atoms with Crippen LogP contribution < -0.4 is 10.6 Å². The third-order valence-electron chi connectivity index (χ3n) is 4.90. The Balaban J connectivity index is 1.63. The summed E-state index contributed by atoms with van der Waals surface area (Å²) in [5.74, 6) is 0.0489. The maximum Gasteiger partial charge on any atom is 0.191 e. The molecule has 0 amide bonds. The number of aliphatic imine (C=N–C) groups is 1. The highest BCUT2D eigenvalue weighted by molar-refractivity contribution is 5.79. The Labute approximate surface area is 158 Å². The summed E-state index contributed by atoms with van der Waals surface area (Å²) < 4.78 is 27.1. The van der Waals surface area contributed by atoms with Crippen LogP contribution in [0.3, 0.4) is 0 Å². The maximum atomic E-state index is 14.1. The zero-order chi connectivity index (χ0) is 19.3. The fourth-order valence-electron chi connectivity index (χ4n) is 3.12. The molecule has 6 heteroatoms. The van der Waals surface area contributed by atoms with E-state index in [-0.39, 0.29) is 23.6 Å². The van der Waals surface area contributed by atoms with Crippen LogP contribution in [0.4, 0.5) is 8.78 Å².